The number of rotatable bonds is 8. The van der Waals surface area contributed by atoms with Gasteiger partial charge in [0.05, 0.1) is 25.9 Å². The number of anilines is 1. The summed E-state index contributed by atoms with van der Waals surface area (Å²) in [5.74, 6) is 1.10. The van der Waals surface area contributed by atoms with Crippen molar-refractivity contribution in [2.24, 2.45) is 0 Å². The van der Waals surface area contributed by atoms with Crippen LogP contribution in [-0.4, -0.2) is 67.3 Å². The van der Waals surface area contributed by atoms with Gasteiger partial charge in [-0.3, -0.25) is 9.69 Å². The highest BCUT2D eigenvalue weighted by molar-refractivity contribution is 5.93. The molecule has 2 N–H and O–H groups in total. The molecule has 0 radical (unpaired) electrons. The maximum atomic E-state index is 12.2. The summed E-state index contributed by atoms with van der Waals surface area (Å²) >= 11 is 0. The summed E-state index contributed by atoms with van der Waals surface area (Å²) in [7, 11) is 1.64. The predicted octanol–water partition coefficient (Wildman–Crippen LogP) is 1.16. The van der Waals surface area contributed by atoms with Crippen LogP contribution in [-0.2, 0) is 11.3 Å². The number of hydrogen-bond donors (Lipinski definition) is 2. The molecule has 0 aliphatic carbocycles. The average molecular weight is 371 g/mol. The van der Waals surface area contributed by atoms with Crippen LogP contribution in [0.1, 0.15) is 15.9 Å². The van der Waals surface area contributed by atoms with E-state index in [0.717, 1.165) is 44.2 Å². The maximum Gasteiger partial charge on any atom is 0.254 e. The van der Waals surface area contributed by atoms with E-state index in [9.17, 15) is 4.79 Å². The Morgan fingerprint density at radius 1 is 1.22 bits per heavy atom. The van der Waals surface area contributed by atoms with Gasteiger partial charge in [0.15, 0.2) is 0 Å². The van der Waals surface area contributed by atoms with Gasteiger partial charge in [-0.1, -0.05) is 18.2 Å². The molecule has 1 aliphatic rings. The van der Waals surface area contributed by atoms with Crippen LogP contribution in [0.3, 0.4) is 0 Å². The molecule has 2 heterocycles. The van der Waals surface area contributed by atoms with Gasteiger partial charge in [0.25, 0.3) is 5.91 Å². The lowest BCUT2D eigenvalue weighted by atomic mass is 10.2. The van der Waals surface area contributed by atoms with Gasteiger partial charge in [-0.2, -0.15) is 0 Å². The van der Waals surface area contributed by atoms with Crippen molar-refractivity contribution in [2.75, 3.05) is 51.8 Å². The van der Waals surface area contributed by atoms with Gasteiger partial charge >= 0.3 is 0 Å². The van der Waals surface area contributed by atoms with Crippen LogP contribution < -0.4 is 15.4 Å². The molecule has 1 amide bonds. The lowest BCUT2D eigenvalue weighted by Crippen LogP contribution is -2.41. The number of para-hydroxylation sites is 1. The van der Waals surface area contributed by atoms with Crippen molar-refractivity contribution in [3.05, 3.63) is 47.8 Å². The first-order chi connectivity index (χ1) is 13.3. The van der Waals surface area contributed by atoms with Crippen LogP contribution in [0.25, 0.3) is 0 Å². The number of carbonyl (C=O) groups is 1. The van der Waals surface area contributed by atoms with E-state index in [-0.39, 0.29) is 5.91 Å². The number of nitrogens with one attached hydrogen (secondary N) is 2. The Morgan fingerprint density at radius 3 is 2.70 bits per heavy atom. The van der Waals surface area contributed by atoms with E-state index in [1.165, 1.54) is 12.4 Å². The van der Waals surface area contributed by atoms with E-state index < -0.39 is 0 Å². The number of benzene rings is 1. The second-order valence-electron chi connectivity index (χ2n) is 6.17. The van der Waals surface area contributed by atoms with Crippen LogP contribution in [0, 0.1) is 0 Å². The molecule has 0 saturated carbocycles. The minimum Gasteiger partial charge on any atom is -0.496 e. The summed E-state index contributed by atoms with van der Waals surface area (Å²) in [5, 5.41) is 6.04. The smallest absolute Gasteiger partial charge is 0.254 e. The molecular weight excluding hydrogens is 346 g/mol. The molecule has 27 heavy (non-hydrogen) atoms. The highest BCUT2D eigenvalue weighted by Gasteiger charge is 2.11. The van der Waals surface area contributed by atoms with Crippen molar-refractivity contribution in [3.8, 4) is 5.75 Å². The quantitative estimate of drug-likeness (QED) is 0.720. The molecule has 1 aromatic carbocycles. The van der Waals surface area contributed by atoms with E-state index >= 15 is 0 Å². The second kappa shape index (κ2) is 9.84. The molecule has 0 bridgehead atoms. The summed E-state index contributed by atoms with van der Waals surface area (Å²) < 4.78 is 10.6. The Bertz CT molecular complexity index is 732. The fraction of sp³-hybridized carbons (Fsp3) is 0.421. The van der Waals surface area contributed by atoms with E-state index in [1.807, 2.05) is 24.3 Å². The van der Waals surface area contributed by atoms with Gasteiger partial charge in [0, 0.05) is 50.7 Å². The number of carbonyl (C=O) groups excluding carboxylic acids is 1. The Balaban J connectivity index is 1.45. The lowest BCUT2D eigenvalue weighted by Gasteiger charge is -2.26. The molecule has 1 saturated heterocycles. The normalized spacial score (nSPS) is 14.6. The number of morpholine rings is 1. The largest absolute Gasteiger partial charge is 0.496 e. The van der Waals surface area contributed by atoms with Crippen LogP contribution in [0.4, 0.5) is 5.95 Å². The van der Waals surface area contributed by atoms with Crippen molar-refractivity contribution in [2.45, 2.75) is 6.54 Å². The van der Waals surface area contributed by atoms with Gasteiger partial charge in [0.2, 0.25) is 5.95 Å². The van der Waals surface area contributed by atoms with Crippen molar-refractivity contribution in [1.82, 2.24) is 20.2 Å². The number of ether oxygens (including phenoxy) is 2. The fourth-order valence-electron chi connectivity index (χ4n) is 2.81. The van der Waals surface area contributed by atoms with Gasteiger partial charge in [-0.25, -0.2) is 9.97 Å². The van der Waals surface area contributed by atoms with Gasteiger partial charge < -0.3 is 20.1 Å². The summed E-state index contributed by atoms with van der Waals surface area (Å²) in [6.07, 6.45) is 3.06. The van der Waals surface area contributed by atoms with E-state index in [2.05, 4.69) is 25.5 Å². The third-order valence-corrected chi connectivity index (χ3v) is 4.36. The number of aromatic nitrogens is 2. The molecule has 0 atom stereocenters. The third-order valence-electron chi connectivity index (χ3n) is 4.36. The molecule has 144 valence electrons. The van der Waals surface area contributed by atoms with E-state index in [1.54, 1.807) is 7.11 Å². The first-order valence-electron chi connectivity index (χ1n) is 9.02. The first kappa shape index (κ1) is 19.1. The number of methoxy groups -OCH3 is 1. The van der Waals surface area contributed by atoms with Crippen molar-refractivity contribution >= 4 is 11.9 Å². The van der Waals surface area contributed by atoms with Crippen LogP contribution in [0.2, 0.25) is 0 Å². The fourth-order valence-corrected chi connectivity index (χ4v) is 2.81. The molecule has 1 aliphatic heterocycles. The minimum atomic E-state index is -0.167. The highest BCUT2D eigenvalue weighted by Crippen LogP contribution is 2.17. The zero-order valence-corrected chi connectivity index (χ0v) is 15.5. The molecule has 3 rings (SSSR count). The van der Waals surface area contributed by atoms with Gasteiger partial charge in [0.1, 0.15) is 5.75 Å². The molecule has 0 spiro atoms. The van der Waals surface area contributed by atoms with Crippen molar-refractivity contribution in [1.29, 1.82) is 0 Å². The molecular formula is C19H25N5O3. The topological polar surface area (TPSA) is 88.6 Å². The molecule has 8 nitrogen and oxygen atoms in total. The molecule has 1 aromatic heterocycles. The third kappa shape index (κ3) is 5.63. The number of hydrogen-bond acceptors (Lipinski definition) is 7. The summed E-state index contributed by atoms with van der Waals surface area (Å²) in [4.78, 5) is 22.9. The van der Waals surface area contributed by atoms with Gasteiger partial charge in [-0.05, 0) is 6.07 Å². The number of amides is 1. The summed E-state index contributed by atoms with van der Waals surface area (Å²) in [6.45, 7) is 5.27. The Kier molecular flexibility index (Phi) is 6.95. The molecule has 1 fully saturated rings. The molecule has 0 unspecified atom stereocenters. The molecule has 2 aromatic rings. The van der Waals surface area contributed by atoms with Crippen LogP contribution in [0.15, 0.2) is 36.7 Å². The van der Waals surface area contributed by atoms with Gasteiger partial charge in [-0.15, -0.1) is 0 Å². The lowest BCUT2D eigenvalue weighted by molar-refractivity contribution is 0.0383. The highest BCUT2D eigenvalue weighted by atomic mass is 16.5. The van der Waals surface area contributed by atoms with Crippen LogP contribution in [0.5, 0.6) is 5.75 Å². The van der Waals surface area contributed by atoms with Crippen molar-refractivity contribution in [3.63, 3.8) is 0 Å². The zero-order valence-electron chi connectivity index (χ0n) is 15.5. The Labute approximate surface area is 158 Å². The SMILES string of the molecule is COc1ccccc1CNc1ncc(C(=O)NCCN2CCOCC2)cn1. The van der Waals surface area contributed by atoms with Crippen LogP contribution >= 0.6 is 0 Å². The minimum absolute atomic E-state index is 0.167. The van der Waals surface area contributed by atoms with Crippen molar-refractivity contribution < 1.29 is 14.3 Å². The standard InChI is InChI=1S/C19H25N5O3/c1-26-17-5-3-2-4-15(17)12-21-19-22-13-16(14-23-19)18(25)20-6-7-24-8-10-27-11-9-24/h2-5,13-14H,6-12H2,1H3,(H,20,25)(H,21,22,23). The second-order valence-corrected chi connectivity index (χ2v) is 6.17. The number of nitrogens with zero attached hydrogens (tertiary/aromatic N) is 3. The predicted molar refractivity (Wildman–Crippen MR) is 102 cm³/mol. The molecule has 8 heteroatoms. The first-order valence-corrected chi connectivity index (χ1v) is 9.02. The van der Waals surface area contributed by atoms with E-state index in [0.29, 0.717) is 24.6 Å². The summed E-state index contributed by atoms with van der Waals surface area (Å²) in [5.41, 5.74) is 1.45. The maximum absolute atomic E-state index is 12.2. The summed E-state index contributed by atoms with van der Waals surface area (Å²) in [6, 6.07) is 7.75. The Morgan fingerprint density at radius 2 is 1.96 bits per heavy atom. The Hall–Kier alpha value is -2.71. The van der Waals surface area contributed by atoms with E-state index in [4.69, 9.17) is 9.47 Å². The monoisotopic (exact) mass is 371 g/mol. The zero-order chi connectivity index (χ0) is 18.9. The average Bonchev–Trinajstić information content (AvgIpc) is 2.73.